The quantitative estimate of drug-likeness (QED) is 0.852. The van der Waals surface area contributed by atoms with Gasteiger partial charge in [-0.15, -0.1) is 10.2 Å². The summed E-state index contributed by atoms with van der Waals surface area (Å²) in [5.74, 6) is 0.224. The van der Waals surface area contributed by atoms with Crippen molar-refractivity contribution in [1.29, 1.82) is 0 Å². The zero-order chi connectivity index (χ0) is 11.5. The number of nitrogens with one attached hydrogen (secondary N) is 1. The van der Waals surface area contributed by atoms with Crippen LogP contribution in [0.2, 0.25) is 5.15 Å². The van der Waals surface area contributed by atoms with Crippen LogP contribution in [0.3, 0.4) is 0 Å². The number of hydrogen-bond donors (Lipinski definition) is 1. The summed E-state index contributed by atoms with van der Waals surface area (Å²) < 4.78 is 5.33. The first-order chi connectivity index (χ1) is 7.65. The Balaban J connectivity index is 1.94. The van der Waals surface area contributed by atoms with Gasteiger partial charge in [0.15, 0.2) is 11.0 Å². The number of carbonyl (C=O) groups is 1. The van der Waals surface area contributed by atoms with Crippen LogP contribution >= 0.6 is 11.6 Å². The van der Waals surface area contributed by atoms with Gasteiger partial charge >= 0.3 is 0 Å². The molecule has 0 radical (unpaired) electrons. The van der Waals surface area contributed by atoms with Crippen LogP contribution in [0.4, 0.5) is 5.82 Å². The molecule has 1 aliphatic rings. The van der Waals surface area contributed by atoms with E-state index in [1.54, 1.807) is 12.1 Å². The van der Waals surface area contributed by atoms with Gasteiger partial charge in [-0.3, -0.25) is 4.79 Å². The van der Waals surface area contributed by atoms with Crippen molar-refractivity contribution >= 4 is 23.3 Å². The maximum absolute atomic E-state index is 11.8. The molecule has 6 heteroatoms. The first-order valence-electron chi connectivity index (χ1n) is 5.07. The van der Waals surface area contributed by atoms with Gasteiger partial charge in [-0.25, -0.2) is 0 Å². The number of aromatic nitrogens is 2. The van der Waals surface area contributed by atoms with Crippen LogP contribution in [-0.2, 0) is 9.53 Å². The minimum Gasteiger partial charge on any atom is -0.378 e. The lowest BCUT2D eigenvalue weighted by Gasteiger charge is -2.07. The highest BCUT2D eigenvalue weighted by Gasteiger charge is 2.28. The maximum atomic E-state index is 11.8. The molecule has 1 aromatic rings. The average molecular weight is 242 g/mol. The molecule has 1 aliphatic heterocycles. The topological polar surface area (TPSA) is 64.1 Å². The third-order valence-corrected chi connectivity index (χ3v) is 2.65. The fourth-order valence-electron chi connectivity index (χ4n) is 1.61. The Labute approximate surface area is 98.2 Å². The molecule has 86 valence electrons. The molecule has 2 rings (SSSR count). The predicted octanol–water partition coefficient (Wildman–Crippen LogP) is 1.49. The molecule has 2 atom stereocenters. The van der Waals surface area contributed by atoms with Crippen molar-refractivity contribution in [3.05, 3.63) is 17.3 Å². The fourth-order valence-corrected chi connectivity index (χ4v) is 1.71. The highest BCUT2D eigenvalue weighted by molar-refractivity contribution is 6.29. The summed E-state index contributed by atoms with van der Waals surface area (Å²) in [7, 11) is 0. The van der Waals surface area contributed by atoms with E-state index in [1.165, 1.54) is 0 Å². The number of rotatable bonds is 2. The Morgan fingerprint density at radius 3 is 2.94 bits per heavy atom. The van der Waals surface area contributed by atoms with E-state index in [4.69, 9.17) is 16.3 Å². The van der Waals surface area contributed by atoms with E-state index in [2.05, 4.69) is 15.5 Å². The van der Waals surface area contributed by atoms with Gasteiger partial charge in [-0.05, 0) is 25.5 Å². The van der Waals surface area contributed by atoms with Crippen molar-refractivity contribution in [3.63, 3.8) is 0 Å². The van der Waals surface area contributed by atoms with E-state index in [0.717, 1.165) is 6.42 Å². The summed E-state index contributed by atoms with van der Waals surface area (Å²) in [4.78, 5) is 11.8. The lowest BCUT2D eigenvalue weighted by molar-refractivity contribution is -0.119. The van der Waals surface area contributed by atoms with Crippen molar-refractivity contribution in [2.24, 2.45) is 5.92 Å². The number of amides is 1. The molecule has 1 fully saturated rings. The van der Waals surface area contributed by atoms with Crippen molar-refractivity contribution in [2.45, 2.75) is 19.4 Å². The van der Waals surface area contributed by atoms with E-state index in [9.17, 15) is 4.79 Å². The Morgan fingerprint density at radius 1 is 1.56 bits per heavy atom. The second-order valence-electron chi connectivity index (χ2n) is 3.81. The van der Waals surface area contributed by atoms with Gasteiger partial charge in [0.25, 0.3) is 0 Å². The van der Waals surface area contributed by atoms with Gasteiger partial charge in [-0.1, -0.05) is 11.6 Å². The van der Waals surface area contributed by atoms with Crippen LogP contribution in [0.25, 0.3) is 0 Å². The molecule has 2 heterocycles. The molecule has 0 spiro atoms. The largest absolute Gasteiger partial charge is 0.378 e. The molecule has 0 saturated carbocycles. The molecule has 0 bridgehead atoms. The summed E-state index contributed by atoms with van der Waals surface area (Å²) in [6, 6.07) is 3.20. The van der Waals surface area contributed by atoms with Gasteiger partial charge in [0.1, 0.15) is 0 Å². The molecule has 1 amide bonds. The molecule has 16 heavy (non-hydrogen) atoms. The van der Waals surface area contributed by atoms with E-state index in [1.807, 2.05) is 6.92 Å². The highest BCUT2D eigenvalue weighted by atomic mass is 35.5. The third kappa shape index (κ3) is 2.68. The van der Waals surface area contributed by atoms with E-state index < -0.39 is 0 Å². The monoisotopic (exact) mass is 241 g/mol. The Bertz CT molecular complexity index is 382. The van der Waals surface area contributed by atoms with Crippen LogP contribution in [-0.4, -0.2) is 28.8 Å². The zero-order valence-corrected chi connectivity index (χ0v) is 9.57. The van der Waals surface area contributed by atoms with Crippen LogP contribution in [0, 0.1) is 5.92 Å². The van der Waals surface area contributed by atoms with Crippen LogP contribution < -0.4 is 5.32 Å². The van der Waals surface area contributed by atoms with E-state index in [0.29, 0.717) is 17.6 Å². The van der Waals surface area contributed by atoms with Gasteiger partial charge in [-0.2, -0.15) is 0 Å². The van der Waals surface area contributed by atoms with Crippen LogP contribution in [0.15, 0.2) is 12.1 Å². The summed E-state index contributed by atoms with van der Waals surface area (Å²) in [6.45, 7) is 2.42. The van der Waals surface area contributed by atoms with Crippen molar-refractivity contribution in [3.8, 4) is 0 Å². The SMILES string of the molecule is CC1CC(C(=O)Nc2ccc(Cl)nn2)CO1. The molecular weight excluding hydrogens is 230 g/mol. The summed E-state index contributed by atoms with van der Waals surface area (Å²) in [5, 5.41) is 10.4. The lowest BCUT2D eigenvalue weighted by atomic mass is 10.1. The first kappa shape index (κ1) is 11.3. The molecule has 2 unspecified atom stereocenters. The van der Waals surface area contributed by atoms with Gasteiger partial charge in [0.05, 0.1) is 18.6 Å². The normalized spacial score (nSPS) is 24.4. The molecule has 1 saturated heterocycles. The smallest absolute Gasteiger partial charge is 0.231 e. The van der Waals surface area contributed by atoms with E-state index >= 15 is 0 Å². The van der Waals surface area contributed by atoms with Gasteiger partial charge in [0.2, 0.25) is 5.91 Å². The number of ether oxygens (including phenoxy) is 1. The molecular formula is C10H12ClN3O2. The summed E-state index contributed by atoms with van der Waals surface area (Å²) in [6.07, 6.45) is 0.888. The van der Waals surface area contributed by atoms with Gasteiger partial charge in [0, 0.05) is 0 Å². The minimum absolute atomic E-state index is 0.0824. The number of carbonyl (C=O) groups excluding carboxylic acids is 1. The second-order valence-corrected chi connectivity index (χ2v) is 4.19. The summed E-state index contributed by atoms with van der Waals surface area (Å²) >= 11 is 5.59. The number of anilines is 1. The number of nitrogens with zero attached hydrogens (tertiary/aromatic N) is 2. The Kier molecular flexibility index (Phi) is 3.36. The fraction of sp³-hybridized carbons (Fsp3) is 0.500. The number of halogens is 1. The van der Waals surface area contributed by atoms with Crippen LogP contribution in [0.5, 0.6) is 0 Å². The van der Waals surface area contributed by atoms with Crippen molar-refractivity contribution in [1.82, 2.24) is 10.2 Å². The lowest BCUT2D eigenvalue weighted by Crippen LogP contribution is -2.23. The molecule has 1 N–H and O–H groups in total. The predicted molar refractivity (Wildman–Crippen MR) is 59.2 cm³/mol. The Morgan fingerprint density at radius 2 is 2.38 bits per heavy atom. The zero-order valence-electron chi connectivity index (χ0n) is 8.81. The molecule has 1 aromatic heterocycles. The van der Waals surface area contributed by atoms with Gasteiger partial charge < -0.3 is 10.1 Å². The second kappa shape index (κ2) is 4.76. The Hall–Kier alpha value is -1.20. The van der Waals surface area contributed by atoms with E-state index in [-0.39, 0.29) is 17.9 Å². The highest BCUT2D eigenvalue weighted by Crippen LogP contribution is 2.20. The molecule has 0 aromatic carbocycles. The first-order valence-corrected chi connectivity index (χ1v) is 5.44. The molecule has 5 nitrogen and oxygen atoms in total. The molecule has 0 aliphatic carbocycles. The maximum Gasteiger partial charge on any atom is 0.231 e. The van der Waals surface area contributed by atoms with Crippen molar-refractivity contribution in [2.75, 3.05) is 11.9 Å². The third-order valence-electron chi connectivity index (χ3n) is 2.45. The van der Waals surface area contributed by atoms with Crippen LogP contribution in [0.1, 0.15) is 13.3 Å². The number of hydrogen-bond acceptors (Lipinski definition) is 4. The minimum atomic E-state index is -0.104. The van der Waals surface area contributed by atoms with Crippen molar-refractivity contribution < 1.29 is 9.53 Å². The average Bonchev–Trinajstić information content (AvgIpc) is 2.68. The standard InChI is InChI=1S/C10H12ClN3O2/c1-6-4-7(5-16-6)10(15)12-9-3-2-8(11)13-14-9/h2-3,6-7H,4-5H2,1H3,(H,12,14,15). The summed E-state index contributed by atoms with van der Waals surface area (Å²) in [5.41, 5.74) is 0.